The molecule has 2 aromatic heterocycles. The predicted molar refractivity (Wildman–Crippen MR) is 93.9 cm³/mol. The molecule has 1 aromatic carbocycles. The molecule has 0 aliphatic carbocycles. The van der Waals surface area contributed by atoms with Crippen molar-refractivity contribution in [1.29, 1.82) is 0 Å². The van der Waals surface area contributed by atoms with Crippen LogP contribution in [-0.2, 0) is 4.74 Å². The van der Waals surface area contributed by atoms with E-state index in [0.717, 1.165) is 48.8 Å². The Morgan fingerprint density at radius 2 is 1.80 bits per heavy atom. The molecule has 3 heterocycles. The zero-order valence-corrected chi connectivity index (χ0v) is 13.8. The summed E-state index contributed by atoms with van der Waals surface area (Å²) in [7, 11) is 1.39. The second-order valence-corrected chi connectivity index (χ2v) is 5.86. The predicted octanol–water partition coefficient (Wildman–Crippen LogP) is 1.47. The third-order valence-electron chi connectivity index (χ3n) is 4.39. The fraction of sp³-hybridized carbons (Fsp3) is 0.294. The van der Waals surface area contributed by atoms with E-state index < -0.39 is 0 Å². The van der Waals surface area contributed by atoms with E-state index in [1.54, 1.807) is 24.5 Å². The van der Waals surface area contributed by atoms with Crippen molar-refractivity contribution in [2.24, 2.45) is 0 Å². The third-order valence-corrected chi connectivity index (χ3v) is 4.39. The fourth-order valence-electron chi connectivity index (χ4n) is 2.97. The summed E-state index contributed by atoms with van der Waals surface area (Å²) < 4.78 is 4.73. The highest BCUT2D eigenvalue weighted by Gasteiger charge is 2.20. The Morgan fingerprint density at radius 1 is 1.08 bits per heavy atom. The Hall–Kier alpha value is -3.16. The highest BCUT2D eigenvalue weighted by atomic mass is 16.5. The average molecular weight is 338 g/mol. The van der Waals surface area contributed by atoms with Gasteiger partial charge in [-0.1, -0.05) is 0 Å². The van der Waals surface area contributed by atoms with Crippen LogP contribution in [-0.4, -0.2) is 59.4 Å². The van der Waals surface area contributed by atoms with Crippen molar-refractivity contribution in [3.8, 4) is 0 Å². The van der Waals surface area contributed by atoms with Gasteiger partial charge in [-0.05, 0) is 24.3 Å². The van der Waals surface area contributed by atoms with Gasteiger partial charge in [-0.25, -0.2) is 9.78 Å². The van der Waals surface area contributed by atoms with Crippen LogP contribution in [0.5, 0.6) is 0 Å². The number of methoxy groups -OCH3 is 1. The number of aromatic amines is 1. The molecule has 4 rings (SSSR count). The zero-order valence-electron chi connectivity index (χ0n) is 13.8. The van der Waals surface area contributed by atoms with Crippen LogP contribution in [0.15, 0.2) is 36.7 Å². The van der Waals surface area contributed by atoms with Crippen LogP contribution >= 0.6 is 0 Å². The van der Waals surface area contributed by atoms with Crippen LogP contribution in [0.4, 0.5) is 11.6 Å². The first-order valence-electron chi connectivity index (χ1n) is 8.09. The Morgan fingerprint density at radius 3 is 2.52 bits per heavy atom. The molecule has 1 fully saturated rings. The summed E-state index contributed by atoms with van der Waals surface area (Å²) in [5.74, 6) is 0.403. The lowest BCUT2D eigenvalue weighted by molar-refractivity contribution is 0.0601. The number of hydrogen-bond donors (Lipinski definition) is 1. The van der Waals surface area contributed by atoms with Crippen molar-refractivity contribution < 1.29 is 9.53 Å². The lowest BCUT2D eigenvalue weighted by Gasteiger charge is -2.36. The molecule has 1 aliphatic heterocycles. The monoisotopic (exact) mass is 338 g/mol. The molecule has 8 heteroatoms. The summed E-state index contributed by atoms with van der Waals surface area (Å²) in [4.78, 5) is 24.9. The van der Waals surface area contributed by atoms with Gasteiger partial charge < -0.3 is 14.5 Å². The normalized spacial score (nSPS) is 14.8. The highest BCUT2D eigenvalue weighted by molar-refractivity contribution is 5.89. The first-order valence-corrected chi connectivity index (χ1v) is 8.09. The topological polar surface area (TPSA) is 87.2 Å². The van der Waals surface area contributed by atoms with E-state index in [2.05, 4.69) is 30.0 Å². The molecule has 0 bridgehead atoms. The second-order valence-electron chi connectivity index (χ2n) is 5.86. The standard InChI is InChI=1S/C17H18N6O2/c1-25-16(24)12-2-4-14(5-3-12)22-6-8-23(9-7-22)17-18-10-13-11-19-21-15(13)20-17/h2-5,10-11H,6-9H2,1H3,(H,18,19,20,21). The number of nitrogens with one attached hydrogen (secondary N) is 1. The van der Waals surface area contributed by atoms with E-state index in [9.17, 15) is 4.79 Å². The molecule has 0 amide bonds. The van der Waals surface area contributed by atoms with E-state index in [-0.39, 0.29) is 5.97 Å². The average Bonchev–Trinajstić information content (AvgIpc) is 3.15. The minimum atomic E-state index is -0.317. The first kappa shape index (κ1) is 15.4. The van der Waals surface area contributed by atoms with Crippen LogP contribution in [0.3, 0.4) is 0 Å². The molecule has 0 radical (unpaired) electrons. The van der Waals surface area contributed by atoms with Crippen molar-refractivity contribution in [2.75, 3.05) is 43.1 Å². The molecule has 0 saturated carbocycles. The van der Waals surface area contributed by atoms with E-state index in [1.165, 1.54) is 7.11 Å². The number of aromatic nitrogens is 4. The maximum Gasteiger partial charge on any atom is 0.337 e. The number of benzene rings is 1. The van der Waals surface area contributed by atoms with Gasteiger partial charge in [0.1, 0.15) is 0 Å². The summed E-state index contributed by atoms with van der Waals surface area (Å²) in [6, 6.07) is 7.50. The molecule has 1 N–H and O–H groups in total. The Bertz CT molecular complexity index is 884. The lowest BCUT2D eigenvalue weighted by Crippen LogP contribution is -2.47. The SMILES string of the molecule is COC(=O)c1ccc(N2CCN(c3ncc4cn[nH]c4n3)CC2)cc1. The van der Waals surface area contributed by atoms with Crippen LogP contribution in [0.25, 0.3) is 11.0 Å². The van der Waals surface area contributed by atoms with Gasteiger partial charge in [0.25, 0.3) is 0 Å². The molecule has 128 valence electrons. The smallest absolute Gasteiger partial charge is 0.337 e. The molecule has 25 heavy (non-hydrogen) atoms. The van der Waals surface area contributed by atoms with Gasteiger partial charge in [0.15, 0.2) is 5.65 Å². The van der Waals surface area contributed by atoms with E-state index >= 15 is 0 Å². The number of hydrogen-bond acceptors (Lipinski definition) is 7. The number of carbonyl (C=O) groups is 1. The van der Waals surface area contributed by atoms with Crippen LogP contribution in [0.1, 0.15) is 10.4 Å². The van der Waals surface area contributed by atoms with Crippen molar-refractivity contribution in [3.05, 3.63) is 42.2 Å². The van der Waals surface area contributed by atoms with Gasteiger partial charge in [0.2, 0.25) is 5.95 Å². The molecule has 0 atom stereocenters. The van der Waals surface area contributed by atoms with E-state index in [0.29, 0.717) is 5.56 Å². The quantitative estimate of drug-likeness (QED) is 0.724. The van der Waals surface area contributed by atoms with Crippen molar-refractivity contribution in [1.82, 2.24) is 20.2 Å². The Balaban J connectivity index is 1.43. The molecule has 0 unspecified atom stereocenters. The van der Waals surface area contributed by atoms with Crippen molar-refractivity contribution in [2.45, 2.75) is 0 Å². The number of ether oxygens (including phenoxy) is 1. The molecule has 1 saturated heterocycles. The van der Waals surface area contributed by atoms with Gasteiger partial charge in [0, 0.05) is 38.1 Å². The third kappa shape index (κ3) is 2.98. The van der Waals surface area contributed by atoms with Gasteiger partial charge in [-0.3, -0.25) is 5.10 Å². The van der Waals surface area contributed by atoms with Crippen LogP contribution in [0, 0.1) is 0 Å². The number of nitrogens with zero attached hydrogens (tertiary/aromatic N) is 5. The van der Waals surface area contributed by atoms with E-state index in [1.807, 2.05) is 12.1 Å². The van der Waals surface area contributed by atoms with Gasteiger partial charge in [0.05, 0.1) is 24.3 Å². The largest absolute Gasteiger partial charge is 0.465 e. The maximum atomic E-state index is 11.5. The highest BCUT2D eigenvalue weighted by Crippen LogP contribution is 2.20. The number of H-pyrrole nitrogens is 1. The number of anilines is 2. The molecular formula is C17H18N6O2. The van der Waals surface area contributed by atoms with Gasteiger partial charge in [-0.2, -0.15) is 10.1 Å². The molecule has 3 aromatic rings. The summed E-state index contributed by atoms with van der Waals surface area (Å²) >= 11 is 0. The van der Waals surface area contributed by atoms with Crippen molar-refractivity contribution >= 4 is 28.6 Å². The minimum absolute atomic E-state index is 0.317. The molecular weight excluding hydrogens is 320 g/mol. The summed E-state index contributed by atoms with van der Waals surface area (Å²) in [6.07, 6.45) is 3.51. The number of carbonyl (C=O) groups excluding carboxylic acids is 1. The minimum Gasteiger partial charge on any atom is -0.465 e. The molecule has 8 nitrogen and oxygen atoms in total. The van der Waals surface area contributed by atoms with Crippen LogP contribution in [0.2, 0.25) is 0 Å². The van der Waals surface area contributed by atoms with Crippen LogP contribution < -0.4 is 9.80 Å². The number of esters is 1. The van der Waals surface area contributed by atoms with Gasteiger partial charge in [-0.15, -0.1) is 0 Å². The first-order chi connectivity index (χ1) is 12.2. The van der Waals surface area contributed by atoms with Gasteiger partial charge >= 0.3 is 5.97 Å². The molecule has 1 aliphatic rings. The Labute approximate surface area is 144 Å². The Kier molecular flexibility index (Phi) is 3.93. The number of piperazine rings is 1. The number of fused-ring (bicyclic) bond motifs is 1. The number of rotatable bonds is 3. The second kappa shape index (κ2) is 6.39. The lowest BCUT2D eigenvalue weighted by atomic mass is 10.2. The maximum absolute atomic E-state index is 11.5. The zero-order chi connectivity index (χ0) is 17.2. The molecule has 0 spiro atoms. The summed E-state index contributed by atoms with van der Waals surface area (Å²) in [5.41, 5.74) is 2.41. The van der Waals surface area contributed by atoms with Crippen molar-refractivity contribution in [3.63, 3.8) is 0 Å². The summed E-state index contributed by atoms with van der Waals surface area (Å²) in [5, 5.41) is 7.76. The van der Waals surface area contributed by atoms with E-state index in [4.69, 9.17) is 4.74 Å². The summed E-state index contributed by atoms with van der Waals surface area (Å²) in [6.45, 7) is 3.39. The fourth-order valence-corrected chi connectivity index (χ4v) is 2.97.